The maximum atomic E-state index is 12.1. The van der Waals surface area contributed by atoms with Crippen LogP contribution < -0.4 is 5.32 Å². The number of carbonyl (C=O) groups excluding carboxylic acids is 1. The number of halogens is 2. The molecule has 2 rings (SSSR count). The van der Waals surface area contributed by atoms with Crippen molar-refractivity contribution < 1.29 is 13.2 Å². The summed E-state index contributed by atoms with van der Waals surface area (Å²) in [6, 6.07) is 10.6. The summed E-state index contributed by atoms with van der Waals surface area (Å²) < 4.78 is 23.4. The average molecular weight is 358 g/mol. The molecule has 0 bridgehead atoms. The van der Waals surface area contributed by atoms with Crippen LogP contribution in [0.5, 0.6) is 0 Å². The Labute approximate surface area is 139 Å². The third-order valence-electron chi connectivity index (χ3n) is 3.03. The van der Waals surface area contributed by atoms with Gasteiger partial charge in [0.15, 0.2) is 9.84 Å². The Morgan fingerprint density at radius 1 is 1.05 bits per heavy atom. The topological polar surface area (TPSA) is 63.2 Å². The van der Waals surface area contributed by atoms with Crippen molar-refractivity contribution in [3.63, 3.8) is 0 Å². The summed E-state index contributed by atoms with van der Waals surface area (Å²) in [5.41, 5.74) is 0.853. The molecule has 2 aromatic carbocycles. The van der Waals surface area contributed by atoms with Crippen LogP contribution in [-0.2, 0) is 9.84 Å². The highest BCUT2D eigenvalue weighted by molar-refractivity contribution is 7.91. The maximum absolute atomic E-state index is 12.1. The van der Waals surface area contributed by atoms with Gasteiger partial charge in [-0.15, -0.1) is 0 Å². The first-order valence-electron chi connectivity index (χ1n) is 6.42. The molecule has 2 aromatic rings. The third-order valence-corrected chi connectivity index (χ3v) is 5.52. The van der Waals surface area contributed by atoms with Crippen molar-refractivity contribution >= 4 is 44.6 Å². The standard InChI is InChI=1S/C15H13Cl2NO3S/c1-2-22(20,21)12-6-4-11(5-7-12)18-15(19)10-3-8-13(16)14(17)9-10/h3-9H,2H2,1H3,(H,18,19). The van der Waals surface area contributed by atoms with E-state index >= 15 is 0 Å². The molecule has 0 spiro atoms. The van der Waals surface area contributed by atoms with Gasteiger partial charge in [-0.3, -0.25) is 4.79 Å². The fourth-order valence-electron chi connectivity index (χ4n) is 1.75. The van der Waals surface area contributed by atoms with E-state index in [2.05, 4.69) is 5.32 Å². The lowest BCUT2D eigenvalue weighted by molar-refractivity contribution is 0.102. The lowest BCUT2D eigenvalue weighted by atomic mass is 10.2. The molecule has 22 heavy (non-hydrogen) atoms. The Kier molecular flexibility index (Phi) is 5.11. The van der Waals surface area contributed by atoms with Crippen LogP contribution in [0.1, 0.15) is 17.3 Å². The molecule has 4 nitrogen and oxygen atoms in total. The monoisotopic (exact) mass is 357 g/mol. The molecule has 0 aliphatic heterocycles. The van der Waals surface area contributed by atoms with Crippen molar-refractivity contribution in [3.8, 4) is 0 Å². The molecule has 0 aliphatic carbocycles. The first-order valence-corrected chi connectivity index (χ1v) is 8.83. The highest BCUT2D eigenvalue weighted by Gasteiger charge is 2.12. The maximum Gasteiger partial charge on any atom is 0.255 e. The number of hydrogen-bond donors (Lipinski definition) is 1. The van der Waals surface area contributed by atoms with Crippen molar-refractivity contribution in [3.05, 3.63) is 58.1 Å². The van der Waals surface area contributed by atoms with Gasteiger partial charge < -0.3 is 5.32 Å². The number of anilines is 1. The van der Waals surface area contributed by atoms with Crippen LogP contribution in [0.25, 0.3) is 0 Å². The van der Waals surface area contributed by atoms with Crippen LogP contribution in [0.3, 0.4) is 0 Å². The number of benzene rings is 2. The van der Waals surface area contributed by atoms with Crippen molar-refractivity contribution in [1.29, 1.82) is 0 Å². The molecule has 0 radical (unpaired) electrons. The second kappa shape index (κ2) is 6.69. The molecule has 1 N–H and O–H groups in total. The lowest BCUT2D eigenvalue weighted by Gasteiger charge is -2.07. The number of carbonyl (C=O) groups is 1. The Hall–Kier alpha value is -1.56. The van der Waals surface area contributed by atoms with Crippen LogP contribution in [0, 0.1) is 0 Å². The molecule has 0 unspecified atom stereocenters. The molecular formula is C15H13Cl2NO3S. The molecule has 7 heteroatoms. The summed E-state index contributed by atoms with van der Waals surface area (Å²) in [5.74, 6) is -0.327. The summed E-state index contributed by atoms with van der Waals surface area (Å²) >= 11 is 11.7. The van der Waals surface area contributed by atoms with E-state index in [0.29, 0.717) is 21.3 Å². The minimum absolute atomic E-state index is 0.0297. The van der Waals surface area contributed by atoms with Gasteiger partial charge in [-0.25, -0.2) is 8.42 Å². The molecular weight excluding hydrogens is 345 g/mol. The van der Waals surface area contributed by atoms with Crippen molar-refractivity contribution in [2.24, 2.45) is 0 Å². The summed E-state index contributed by atoms with van der Waals surface area (Å²) in [7, 11) is -3.25. The predicted molar refractivity (Wildman–Crippen MR) is 88.6 cm³/mol. The fourth-order valence-corrected chi connectivity index (χ4v) is 2.94. The fraction of sp³-hybridized carbons (Fsp3) is 0.133. The number of nitrogens with one attached hydrogen (secondary N) is 1. The quantitative estimate of drug-likeness (QED) is 0.897. The van der Waals surface area contributed by atoms with Gasteiger partial charge in [0.05, 0.1) is 20.7 Å². The summed E-state index contributed by atoms with van der Waals surface area (Å²) in [6.45, 7) is 1.58. The summed E-state index contributed by atoms with van der Waals surface area (Å²) in [6.07, 6.45) is 0. The van der Waals surface area contributed by atoms with Gasteiger partial charge in [-0.05, 0) is 42.5 Å². The molecule has 116 valence electrons. The van der Waals surface area contributed by atoms with E-state index in [1.54, 1.807) is 13.0 Å². The minimum atomic E-state index is -3.25. The number of rotatable bonds is 4. The van der Waals surface area contributed by atoms with Crippen molar-refractivity contribution in [1.82, 2.24) is 0 Å². The largest absolute Gasteiger partial charge is 0.322 e. The highest BCUT2D eigenvalue weighted by atomic mass is 35.5. The van der Waals surface area contributed by atoms with E-state index in [9.17, 15) is 13.2 Å². The first-order chi connectivity index (χ1) is 10.3. The second-order valence-electron chi connectivity index (χ2n) is 4.51. The number of amides is 1. The molecule has 0 heterocycles. The molecule has 0 saturated carbocycles. The van der Waals surface area contributed by atoms with Crippen LogP contribution in [0.4, 0.5) is 5.69 Å². The van der Waals surface area contributed by atoms with Gasteiger partial charge in [0.2, 0.25) is 0 Å². The van der Waals surface area contributed by atoms with E-state index in [4.69, 9.17) is 23.2 Å². The van der Waals surface area contributed by atoms with Crippen LogP contribution in [0.2, 0.25) is 10.0 Å². The predicted octanol–water partition coefficient (Wildman–Crippen LogP) is 4.04. The summed E-state index contributed by atoms with van der Waals surface area (Å²) in [4.78, 5) is 12.3. The first kappa shape index (κ1) is 16.8. The van der Waals surface area contributed by atoms with Crippen LogP contribution >= 0.6 is 23.2 Å². The Morgan fingerprint density at radius 3 is 2.23 bits per heavy atom. The molecule has 0 atom stereocenters. The van der Waals surface area contributed by atoms with E-state index in [1.165, 1.54) is 36.4 Å². The van der Waals surface area contributed by atoms with E-state index < -0.39 is 9.84 Å². The normalized spacial score (nSPS) is 11.2. The molecule has 0 fully saturated rings. The zero-order chi connectivity index (χ0) is 16.3. The SMILES string of the molecule is CCS(=O)(=O)c1ccc(NC(=O)c2ccc(Cl)c(Cl)c2)cc1. The molecule has 1 amide bonds. The van der Waals surface area contributed by atoms with Crippen molar-refractivity contribution in [2.75, 3.05) is 11.1 Å². The van der Waals surface area contributed by atoms with Gasteiger partial charge in [-0.2, -0.15) is 0 Å². The Morgan fingerprint density at radius 2 is 1.68 bits per heavy atom. The smallest absolute Gasteiger partial charge is 0.255 e. The van der Waals surface area contributed by atoms with E-state index in [-0.39, 0.29) is 16.6 Å². The van der Waals surface area contributed by atoms with E-state index in [0.717, 1.165) is 0 Å². The van der Waals surface area contributed by atoms with Crippen molar-refractivity contribution in [2.45, 2.75) is 11.8 Å². The van der Waals surface area contributed by atoms with E-state index in [1.807, 2.05) is 0 Å². The third kappa shape index (κ3) is 3.80. The Bertz CT molecular complexity index is 802. The van der Waals surface area contributed by atoms with Gasteiger partial charge in [-0.1, -0.05) is 30.1 Å². The lowest BCUT2D eigenvalue weighted by Crippen LogP contribution is -2.12. The van der Waals surface area contributed by atoms with Crippen LogP contribution in [0.15, 0.2) is 47.4 Å². The zero-order valence-corrected chi connectivity index (χ0v) is 14.0. The van der Waals surface area contributed by atoms with Crippen LogP contribution in [-0.4, -0.2) is 20.1 Å². The van der Waals surface area contributed by atoms with Gasteiger partial charge in [0.25, 0.3) is 5.91 Å². The molecule has 0 saturated heterocycles. The number of sulfone groups is 1. The highest BCUT2D eigenvalue weighted by Crippen LogP contribution is 2.23. The summed E-state index contributed by atoms with van der Waals surface area (Å²) in [5, 5.41) is 3.32. The second-order valence-corrected chi connectivity index (χ2v) is 7.60. The van der Waals surface area contributed by atoms with Gasteiger partial charge in [0, 0.05) is 11.3 Å². The van der Waals surface area contributed by atoms with Gasteiger partial charge >= 0.3 is 0 Å². The Balaban J connectivity index is 2.17. The number of hydrogen-bond acceptors (Lipinski definition) is 3. The molecule has 0 aromatic heterocycles. The molecule has 0 aliphatic rings. The minimum Gasteiger partial charge on any atom is -0.322 e. The van der Waals surface area contributed by atoms with Gasteiger partial charge in [0.1, 0.15) is 0 Å². The zero-order valence-electron chi connectivity index (χ0n) is 11.6. The average Bonchev–Trinajstić information content (AvgIpc) is 2.50.